The molecule has 1 aliphatic heterocycles. The molecule has 1 aliphatic rings. The van der Waals surface area contributed by atoms with Crippen LogP contribution in [0.2, 0.25) is 0 Å². The zero-order valence-electron chi connectivity index (χ0n) is 10.7. The lowest BCUT2D eigenvalue weighted by Gasteiger charge is -2.19. The normalized spacial score (nSPS) is 14.9. The van der Waals surface area contributed by atoms with Crippen LogP contribution < -0.4 is 10.2 Å². The van der Waals surface area contributed by atoms with E-state index in [2.05, 4.69) is 10.2 Å². The number of nitrogens with one attached hydrogen (secondary N) is 1. The lowest BCUT2D eigenvalue weighted by molar-refractivity contribution is 0.564. The third kappa shape index (κ3) is 2.72. The summed E-state index contributed by atoms with van der Waals surface area (Å²) in [5, 5.41) is 3.19. The number of hydrogen-bond donors (Lipinski definition) is 1. The summed E-state index contributed by atoms with van der Waals surface area (Å²) >= 11 is 0. The molecule has 4 heteroatoms. The van der Waals surface area contributed by atoms with Crippen molar-refractivity contribution >= 4 is 11.4 Å². The minimum absolute atomic E-state index is 0.154. The van der Waals surface area contributed by atoms with Gasteiger partial charge in [0.25, 0.3) is 0 Å². The summed E-state index contributed by atoms with van der Waals surface area (Å²) in [5.74, 6) is -0.154. The maximum Gasteiger partial charge on any atom is 0.148 e. The highest BCUT2D eigenvalue weighted by Crippen LogP contribution is 2.26. The van der Waals surface area contributed by atoms with Gasteiger partial charge in [-0.15, -0.1) is 0 Å². The van der Waals surface area contributed by atoms with Gasteiger partial charge in [-0.3, -0.25) is 0 Å². The molecule has 1 aromatic heterocycles. The molecule has 3 nitrogen and oxygen atoms in total. The predicted molar refractivity (Wildman–Crippen MR) is 73.9 cm³/mol. The second kappa shape index (κ2) is 5.34. The third-order valence-corrected chi connectivity index (χ3v) is 3.47. The standard InChI is InChI=1S/C15H17FN2O/c16-14-9-13(17-10-12-5-8-19-11-12)3-4-15(14)18-6-1-2-7-18/h3-5,8-9,11,17H,1-2,6-7,10H2. The fourth-order valence-corrected chi connectivity index (χ4v) is 2.43. The van der Waals surface area contributed by atoms with E-state index in [-0.39, 0.29) is 5.82 Å². The number of halogens is 1. The Hall–Kier alpha value is -1.97. The van der Waals surface area contributed by atoms with Crippen molar-refractivity contribution in [1.29, 1.82) is 0 Å². The lowest BCUT2D eigenvalue weighted by Crippen LogP contribution is -2.18. The van der Waals surface area contributed by atoms with Crippen molar-refractivity contribution in [2.75, 3.05) is 23.3 Å². The van der Waals surface area contributed by atoms with Crippen LogP contribution >= 0.6 is 0 Å². The molecule has 0 spiro atoms. The SMILES string of the molecule is Fc1cc(NCc2ccoc2)ccc1N1CCCC1. The Morgan fingerprint density at radius 2 is 2.05 bits per heavy atom. The highest BCUT2D eigenvalue weighted by molar-refractivity contribution is 5.56. The van der Waals surface area contributed by atoms with Gasteiger partial charge in [-0.2, -0.15) is 0 Å². The predicted octanol–water partition coefficient (Wildman–Crippen LogP) is 3.63. The number of hydrogen-bond acceptors (Lipinski definition) is 3. The van der Waals surface area contributed by atoms with Crippen molar-refractivity contribution in [2.45, 2.75) is 19.4 Å². The smallest absolute Gasteiger partial charge is 0.148 e. The van der Waals surface area contributed by atoms with E-state index in [9.17, 15) is 4.39 Å². The van der Waals surface area contributed by atoms with Crippen LogP contribution in [0.3, 0.4) is 0 Å². The molecular formula is C15H17FN2O. The van der Waals surface area contributed by atoms with Gasteiger partial charge in [0.2, 0.25) is 0 Å². The van der Waals surface area contributed by atoms with Gasteiger partial charge in [0.1, 0.15) is 5.82 Å². The van der Waals surface area contributed by atoms with Gasteiger partial charge >= 0.3 is 0 Å². The van der Waals surface area contributed by atoms with Gasteiger partial charge in [-0.05, 0) is 37.1 Å². The third-order valence-electron chi connectivity index (χ3n) is 3.47. The molecule has 2 heterocycles. The zero-order valence-corrected chi connectivity index (χ0v) is 10.7. The monoisotopic (exact) mass is 260 g/mol. The Labute approximate surface area is 112 Å². The van der Waals surface area contributed by atoms with Crippen LogP contribution in [0.4, 0.5) is 15.8 Å². The minimum atomic E-state index is -0.154. The largest absolute Gasteiger partial charge is 0.472 e. The molecule has 1 N–H and O–H groups in total. The summed E-state index contributed by atoms with van der Waals surface area (Å²) in [5.41, 5.74) is 2.55. The highest BCUT2D eigenvalue weighted by Gasteiger charge is 2.16. The molecule has 0 radical (unpaired) electrons. The van der Waals surface area contributed by atoms with Gasteiger partial charge in [0.15, 0.2) is 0 Å². The van der Waals surface area contributed by atoms with Crippen molar-refractivity contribution in [3.63, 3.8) is 0 Å². The maximum absolute atomic E-state index is 14.1. The molecule has 0 amide bonds. The van der Waals surface area contributed by atoms with Crippen LogP contribution in [0.1, 0.15) is 18.4 Å². The zero-order chi connectivity index (χ0) is 13.1. The average molecular weight is 260 g/mol. The van der Waals surface area contributed by atoms with Gasteiger partial charge in [-0.1, -0.05) is 0 Å². The molecule has 0 atom stereocenters. The molecule has 2 aromatic rings. The van der Waals surface area contributed by atoms with E-state index in [1.165, 1.54) is 0 Å². The Bertz CT molecular complexity index is 533. The summed E-state index contributed by atoms with van der Waals surface area (Å²) in [4.78, 5) is 2.11. The van der Waals surface area contributed by atoms with E-state index in [0.29, 0.717) is 12.2 Å². The molecule has 1 aromatic carbocycles. The lowest BCUT2D eigenvalue weighted by atomic mass is 10.2. The first kappa shape index (κ1) is 12.1. The number of nitrogens with zero attached hydrogens (tertiary/aromatic N) is 1. The Morgan fingerprint density at radius 3 is 2.74 bits per heavy atom. The van der Waals surface area contributed by atoms with E-state index in [0.717, 1.165) is 37.2 Å². The number of benzene rings is 1. The van der Waals surface area contributed by atoms with Gasteiger partial charge in [0.05, 0.1) is 18.2 Å². The second-order valence-electron chi connectivity index (χ2n) is 4.85. The van der Waals surface area contributed by atoms with Crippen LogP contribution in [0.15, 0.2) is 41.2 Å². The molecule has 100 valence electrons. The van der Waals surface area contributed by atoms with Gasteiger partial charge < -0.3 is 14.6 Å². The molecule has 1 fully saturated rings. The molecule has 1 saturated heterocycles. The van der Waals surface area contributed by atoms with Crippen molar-refractivity contribution in [3.05, 3.63) is 48.2 Å². The Kier molecular flexibility index (Phi) is 3.40. The van der Waals surface area contributed by atoms with Crippen molar-refractivity contribution in [3.8, 4) is 0 Å². The van der Waals surface area contributed by atoms with E-state index < -0.39 is 0 Å². The fraction of sp³-hybridized carbons (Fsp3) is 0.333. The topological polar surface area (TPSA) is 28.4 Å². The molecule has 3 rings (SSSR count). The van der Waals surface area contributed by atoms with Crippen LogP contribution in [0, 0.1) is 5.82 Å². The van der Waals surface area contributed by atoms with Crippen LogP contribution in [-0.4, -0.2) is 13.1 Å². The number of rotatable bonds is 4. The maximum atomic E-state index is 14.1. The van der Waals surface area contributed by atoms with Crippen LogP contribution in [0.5, 0.6) is 0 Å². The number of anilines is 2. The van der Waals surface area contributed by atoms with Crippen molar-refractivity contribution < 1.29 is 8.81 Å². The second-order valence-corrected chi connectivity index (χ2v) is 4.85. The Morgan fingerprint density at radius 1 is 1.21 bits per heavy atom. The van der Waals surface area contributed by atoms with E-state index >= 15 is 0 Å². The summed E-state index contributed by atoms with van der Waals surface area (Å²) < 4.78 is 19.1. The van der Waals surface area contributed by atoms with Crippen LogP contribution in [0.25, 0.3) is 0 Å². The van der Waals surface area contributed by atoms with Crippen LogP contribution in [-0.2, 0) is 6.54 Å². The van der Waals surface area contributed by atoms with Gasteiger partial charge in [0, 0.05) is 30.9 Å². The van der Waals surface area contributed by atoms with E-state index in [1.54, 1.807) is 18.6 Å². The van der Waals surface area contributed by atoms with Gasteiger partial charge in [-0.25, -0.2) is 4.39 Å². The summed E-state index contributed by atoms with van der Waals surface area (Å²) in [7, 11) is 0. The fourth-order valence-electron chi connectivity index (χ4n) is 2.43. The molecule has 0 aliphatic carbocycles. The molecule has 0 bridgehead atoms. The van der Waals surface area contributed by atoms with Crippen molar-refractivity contribution in [2.24, 2.45) is 0 Å². The molecular weight excluding hydrogens is 243 g/mol. The molecule has 0 unspecified atom stereocenters. The van der Waals surface area contributed by atoms with Crippen molar-refractivity contribution in [1.82, 2.24) is 0 Å². The quantitative estimate of drug-likeness (QED) is 0.910. The first-order valence-electron chi connectivity index (χ1n) is 6.62. The van der Waals surface area contributed by atoms with E-state index in [4.69, 9.17) is 4.42 Å². The summed E-state index contributed by atoms with van der Waals surface area (Å²) in [6.07, 6.45) is 5.62. The first-order chi connectivity index (χ1) is 9.33. The highest BCUT2D eigenvalue weighted by atomic mass is 19.1. The minimum Gasteiger partial charge on any atom is -0.472 e. The van der Waals surface area contributed by atoms with E-state index in [1.807, 2.05) is 18.2 Å². The molecule has 19 heavy (non-hydrogen) atoms. The summed E-state index contributed by atoms with van der Waals surface area (Å²) in [6, 6.07) is 7.24. The molecule has 0 saturated carbocycles. The summed E-state index contributed by atoms with van der Waals surface area (Å²) in [6.45, 7) is 2.55. The first-order valence-corrected chi connectivity index (χ1v) is 6.62. The average Bonchev–Trinajstić information content (AvgIpc) is 3.10. The number of furan rings is 1. The Balaban J connectivity index is 1.68.